The van der Waals surface area contributed by atoms with Crippen LogP contribution in [0, 0.1) is 13.8 Å². The lowest BCUT2D eigenvalue weighted by atomic mass is 10.1. The number of piperidine rings is 1. The summed E-state index contributed by atoms with van der Waals surface area (Å²) in [5.74, 6) is -0.333. The molecule has 2 aromatic rings. The summed E-state index contributed by atoms with van der Waals surface area (Å²) in [6.45, 7) is 6.55. The van der Waals surface area contributed by atoms with Crippen molar-refractivity contribution in [2.75, 3.05) is 18.4 Å². The average Bonchev–Trinajstić information content (AvgIpc) is 2.98. The molecule has 0 bridgehead atoms. The van der Waals surface area contributed by atoms with Crippen molar-refractivity contribution < 1.29 is 13.2 Å². The molecule has 2 N–H and O–H groups in total. The Bertz CT molecular complexity index is 924. The molecule has 0 atom stereocenters. The van der Waals surface area contributed by atoms with E-state index in [4.69, 9.17) is 0 Å². The van der Waals surface area contributed by atoms with Crippen LogP contribution >= 0.6 is 0 Å². The summed E-state index contributed by atoms with van der Waals surface area (Å²) in [6, 6.07) is 7.64. The lowest BCUT2D eigenvalue weighted by Gasteiger charge is -2.26. The fourth-order valence-electron chi connectivity index (χ4n) is 3.60. The van der Waals surface area contributed by atoms with Crippen LogP contribution in [-0.4, -0.2) is 36.7 Å². The predicted molar refractivity (Wildman–Crippen MR) is 107 cm³/mol. The number of nitrogens with one attached hydrogen (secondary N) is 2. The van der Waals surface area contributed by atoms with E-state index in [-0.39, 0.29) is 10.8 Å². The second-order valence-corrected chi connectivity index (χ2v) is 8.92. The Labute approximate surface area is 161 Å². The third kappa shape index (κ3) is 3.94. The highest BCUT2D eigenvalue weighted by molar-refractivity contribution is 7.89. The minimum atomic E-state index is -3.60. The lowest BCUT2D eigenvalue weighted by Crippen LogP contribution is -2.36. The quantitative estimate of drug-likeness (QED) is 0.819. The van der Waals surface area contributed by atoms with Crippen molar-refractivity contribution >= 4 is 21.6 Å². The molecule has 27 heavy (non-hydrogen) atoms. The second kappa shape index (κ2) is 7.86. The van der Waals surface area contributed by atoms with E-state index in [9.17, 15) is 13.2 Å². The standard InChI is InChI=1S/C20H27N3O3S/c1-4-16-8-10-17(11-9-16)22-20(24)18-14(2)19(15(3)21-18)27(25,26)23-12-6-5-7-13-23/h8-11,21H,4-7,12-13H2,1-3H3,(H,22,24). The molecule has 1 aliphatic rings. The van der Waals surface area contributed by atoms with E-state index in [0.717, 1.165) is 25.7 Å². The summed E-state index contributed by atoms with van der Waals surface area (Å²) in [6.07, 6.45) is 3.74. The van der Waals surface area contributed by atoms with Gasteiger partial charge in [0.05, 0.1) is 0 Å². The van der Waals surface area contributed by atoms with Gasteiger partial charge in [-0.2, -0.15) is 4.31 Å². The highest BCUT2D eigenvalue weighted by Gasteiger charge is 2.32. The van der Waals surface area contributed by atoms with Crippen LogP contribution in [0.3, 0.4) is 0 Å². The van der Waals surface area contributed by atoms with Gasteiger partial charge in [0.15, 0.2) is 0 Å². The van der Waals surface area contributed by atoms with Crippen LogP contribution in [0.5, 0.6) is 0 Å². The maximum absolute atomic E-state index is 13.1. The van der Waals surface area contributed by atoms with E-state index in [0.29, 0.717) is 35.7 Å². The van der Waals surface area contributed by atoms with E-state index >= 15 is 0 Å². The number of benzene rings is 1. The first-order valence-electron chi connectivity index (χ1n) is 9.44. The normalized spacial score (nSPS) is 15.7. The van der Waals surface area contributed by atoms with Gasteiger partial charge in [-0.25, -0.2) is 8.42 Å². The first-order chi connectivity index (χ1) is 12.8. The number of sulfonamides is 1. The Balaban J connectivity index is 1.87. The number of aromatic nitrogens is 1. The van der Waals surface area contributed by atoms with Gasteiger partial charge in [-0.3, -0.25) is 4.79 Å². The number of nitrogens with zero attached hydrogens (tertiary/aromatic N) is 1. The van der Waals surface area contributed by atoms with Crippen LogP contribution in [0.2, 0.25) is 0 Å². The van der Waals surface area contributed by atoms with Crippen molar-refractivity contribution in [1.29, 1.82) is 0 Å². The first kappa shape index (κ1) is 19.6. The highest BCUT2D eigenvalue weighted by Crippen LogP contribution is 2.28. The van der Waals surface area contributed by atoms with Crippen LogP contribution in [0.1, 0.15) is 53.5 Å². The summed E-state index contributed by atoms with van der Waals surface area (Å²) in [7, 11) is -3.60. The predicted octanol–water partition coefficient (Wildman–Crippen LogP) is 3.62. The van der Waals surface area contributed by atoms with Crippen molar-refractivity contribution in [1.82, 2.24) is 9.29 Å². The van der Waals surface area contributed by atoms with Crippen molar-refractivity contribution in [2.45, 2.75) is 51.3 Å². The third-order valence-electron chi connectivity index (χ3n) is 5.13. The minimum Gasteiger partial charge on any atom is -0.353 e. The molecule has 6 nitrogen and oxygen atoms in total. The van der Waals surface area contributed by atoms with Crippen molar-refractivity contribution in [3.8, 4) is 0 Å². The van der Waals surface area contributed by atoms with Gasteiger partial charge >= 0.3 is 0 Å². The van der Waals surface area contributed by atoms with Gasteiger partial charge in [-0.1, -0.05) is 25.5 Å². The van der Waals surface area contributed by atoms with E-state index < -0.39 is 10.0 Å². The Hall–Kier alpha value is -2.12. The highest BCUT2D eigenvalue weighted by atomic mass is 32.2. The molecular formula is C20H27N3O3S. The number of amides is 1. The van der Waals surface area contributed by atoms with Crippen molar-refractivity contribution in [3.05, 3.63) is 46.8 Å². The average molecular weight is 390 g/mol. The fourth-order valence-corrected chi connectivity index (χ4v) is 5.52. The number of hydrogen-bond acceptors (Lipinski definition) is 3. The molecule has 3 rings (SSSR count). The maximum Gasteiger partial charge on any atom is 0.272 e. The molecule has 0 saturated carbocycles. The molecule has 0 radical (unpaired) electrons. The van der Waals surface area contributed by atoms with Crippen LogP contribution < -0.4 is 5.32 Å². The molecule has 1 fully saturated rings. The monoisotopic (exact) mass is 389 g/mol. The number of anilines is 1. The molecule has 2 heterocycles. The molecule has 1 saturated heterocycles. The summed E-state index contributed by atoms with van der Waals surface area (Å²) < 4.78 is 27.7. The van der Waals surface area contributed by atoms with Gasteiger partial charge < -0.3 is 10.3 Å². The van der Waals surface area contributed by atoms with E-state index in [1.165, 1.54) is 9.87 Å². The van der Waals surface area contributed by atoms with Gasteiger partial charge in [0, 0.05) is 24.5 Å². The first-order valence-corrected chi connectivity index (χ1v) is 10.9. The SMILES string of the molecule is CCc1ccc(NC(=O)c2[nH]c(C)c(S(=O)(=O)N3CCCCC3)c2C)cc1. The van der Waals surface area contributed by atoms with Crippen LogP contribution in [0.4, 0.5) is 5.69 Å². The Morgan fingerprint density at radius 2 is 1.74 bits per heavy atom. The number of rotatable bonds is 5. The third-order valence-corrected chi connectivity index (χ3v) is 7.30. The van der Waals surface area contributed by atoms with Gasteiger partial charge in [0.2, 0.25) is 10.0 Å². The number of H-pyrrole nitrogens is 1. The Kier molecular flexibility index (Phi) is 5.72. The van der Waals surface area contributed by atoms with Gasteiger partial charge in [0.25, 0.3) is 5.91 Å². The van der Waals surface area contributed by atoms with Gasteiger partial charge in [0.1, 0.15) is 10.6 Å². The van der Waals surface area contributed by atoms with Crippen molar-refractivity contribution in [3.63, 3.8) is 0 Å². The Morgan fingerprint density at radius 3 is 2.33 bits per heavy atom. The molecule has 1 aromatic heterocycles. The van der Waals surface area contributed by atoms with E-state index in [2.05, 4.69) is 17.2 Å². The smallest absolute Gasteiger partial charge is 0.272 e. The lowest BCUT2D eigenvalue weighted by molar-refractivity contribution is 0.102. The minimum absolute atomic E-state index is 0.232. The largest absolute Gasteiger partial charge is 0.353 e. The van der Waals surface area contributed by atoms with Crippen molar-refractivity contribution in [2.24, 2.45) is 0 Å². The number of carbonyl (C=O) groups excluding carboxylic acids is 1. The molecule has 7 heteroatoms. The molecule has 0 spiro atoms. The zero-order valence-corrected chi connectivity index (χ0v) is 16.9. The molecule has 1 amide bonds. The summed E-state index contributed by atoms with van der Waals surface area (Å²) in [4.78, 5) is 15.9. The van der Waals surface area contributed by atoms with E-state index in [1.54, 1.807) is 13.8 Å². The number of aryl methyl sites for hydroxylation is 2. The number of carbonyl (C=O) groups is 1. The fraction of sp³-hybridized carbons (Fsp3) is 0.450. The molecular weight excluding hydrogens is 362 g/mol. The summed E-state index contributed by atoms with van der Waals surface area (Å²) in [5.41, 5.74) is 3.15. The van der Waals surface area contributed by atoms with Crippen LogP contribution in [0.25, 0.3) is 0 Å². The second-order valence-electron chi connectivity index (χ2n) is 7.05. The van der Waals surface area contributed by atoms with Gasteiger partial charge in [-0.15, -0.1) is 0 Å². The maximum atomic E-state index is 13.1. The Morgan fingerprint density at radius 1 is 1.11 bits per heavy atom. The topological polar surface area (TPSA) is 82.3 Å². The molecule has 1 aromatic carbocycles. The van der Waals surface area contributed by atoms with Crippen LogP contribution in [-0.2, 0) is 16.4 Å². The van der Waals surface area contributed by atoms with Gasteiger partial charge in [-0.05, 0) is 56.4 Å². The molecule has 146 valence electrons. The number of hydrogen-bond donors (Lipinski definition) is 2. The summed E-state index contributed by atoms with van der Waals surface area (Å²) in [5, 5.41) is 2.84. The van der Waals surface area contributed by atoms with E-state index in [1.807, 2.05) is 24.3 Å². The molecule has 1 aliphatic heterocycles. The molecule has 0 unspecified atom stereocenters. The zero-order chi connectivity index (χ0) is 19.6. The number of aromatic amines is 1. The molecule has 0 aliphatic carbocycles. The zero-order valence-electron chi connectivity index (χ0n) is 16.1. The summed E-state index contributed by atoms with van der Waals surface area (Å²) >= 11 is 0. The van der Waals surface area contributed by atoms with Crippen LogP contribution in [0.15, 0.2) is 29.2 Å².